The normalized spacial score (nSPS) is 17.1. The molecule has 0 spiro atoms. The number of ether oxygens (including phenoxy) is 3. The van der Waals surface area contributed by atoms with E-state index in [1.54, 1.807) is 6.92 Å². The van der Waals surface area contributed by atoms with Crippen LogP contribution in [0.2, 0.25) is 0 Å². The van der Waals surface area contributed by atoms with E-state index in [2.05, 4.69) is 21.2 Å². The maximum atomic E-state index is 13.6. The van der Waals surface area contributed by atoms with E-state index in [9.17, 15) is 14.0 Å². The number of carbonyl (C=O) groups is 2. The number of amides is 2. The number of benzene rings is 1. The van der Waals surface area contributed by atoms with E-state index in [0.29, 0.717) is 17.9 Å². The third-order valence-electron chi connectivity index (χ3n) is 4.13. The van der Waals surface area contributed by atoms with E-state index in [-0.39, 0.29) is 35.8 Å². The molecule has 0 aromatic heterocycles. The van der Waals surface area contributed by atoms with Crippen LogP contribution in [0, 0.1) is 5.82 Å². The van der Waals surface area contributed by atoms with Gasteiger partial charge in [-0.05, 0) is 40.5 Å². The average molecular weight is 445 g/mol. The lowest BCUT2D eigenvalue weighted by atomic mass is 9.95. The number of urea groups is 1. The molecule has 0 saturated heterocycles. The predicted octanol–water partition coefficient (Wildman–Crippen LogP) is 2.76. The second-order valence-electron chi connectivity index (χ2n) is 5.83. The van der Waals surface area contributed by atoms with Crippen molar-refractivity contribution in [2.24, 2.45) is 0 Å². The van der Waals surface area contributed by atoms with Crippen LogP contribution in [0.3, 0.4) is 0 Å². The Hall–Kier alpha value is -1.97. The number of nitrogens with one attached hydrogen (secondary N) is 1. The molecule has 0 fully saturated rings. The number of halogens is 2. The van der Waals surface area contributed by atoms with Crippen LogP contribution in [0.5, 0.6) is 0 Å². The number of methoxy groups -OCH3 is 2. The fraction of sp³-hybridized carbons (Fsp3) is 0.444. The van der Waals surface area contributed by atoms with Gasteiger partial charge < -0.3 is 19.5 Å². The Kier molecular flexibility index (Phi) is 7.76. The van der Waals surface area contributed by atoms with Crippen molar-refractivity contribution in [3.8, 4) is 0 Å². The molecule has 0 saturated carbocycles. The zero-order chi connectivity index (χ0) is 20.0. The maximum absolute atomic E-state index is 13.6. The van der Waals surface area contributed by atoms with Crippen LogP contribution in [-0.2, 0) is 19.0 Å². The fourth-order valence-corrected chi connectivity index (χ4v) is 3.13. The molecule has 0 bridgehead atoms. The van der Waals surface area contributed by atoms with Crippen LogP contribution < -0.4 is 5.32 Å². The third kappa shape index (κ3) is 5.06. The number of allylic oxidation sites excluding steroid dienone is 1. The highest BCUT2D eigenvalue weighted by atomic mass is 79.9. The highest BCUT2D eigenvalue weighted by Crippen LogP contribution is 2.33. The molecular weight excluding hydrogens is 423 g/mol. The van der Waals surface area contributed by atoms with Gasteiger partial charge >= 0.3 is 12.0 Å². The summed E-state index contributed by atoms with van der Waals surface area (Å²) in [5.74, 6) is -1.01. The lowest BCUT2D eigenvalue weighted by molar-refractivity contribution is -0.140. The summed E-state index contributed by atoms with van der Waals surface area (Å²) >= 11 is 3.13. The largest absolute Gasteiger partial charge is 0.460 e. The zero-order valence-corrected chi connectivity index (χ0v) is 17.0. The summed E-state index contributed by atoms with van der Waals surface area (Å²) in [6.45, 7) is 2.60. The first kappa shape index (κ1) is 21.3. The van der Waals surface area contributed by atoms with Crippen molar-refractivity contribution in [1.82, 2.24) is 10.2 Å². The van der Waals surface area contributed by atoms with Crippen molar-refractivity contribution in [1.29, 1.82) is 0 Å². The minimum absolute atomic E-state index is 0.0813. The van der Waals surface area contributed by atoms with Gasteiger partial charge in [0.1, 0.15) is 12.4 Å². The number of hydrogen-bond donors (Lipinski definition) is 1. The first-order chi connectivity index (χ1) is 12.9. The Morgan fingerprint density at radius 3 is 2.59 bits per heavy atom. The molecule has 1 aliphatic rings. The Bertz CT molecular complexity index is 740. The number of rotatable bonds is 8. The quantitative estimate of drug-likeness (QED) is 0.492. The summed E-state index contributed by atoms with van der Waals surface area (Å²) in [7, 11) is 3.03. The second-order valence-corrected chi connectivity index (χ2v) is 6.68. The molecule has 0 aliphatic carbocycles. The zero-order valence-electron chi connectivity index (χ0n) is 15.4. The maximum Gasteiger partial charge on any atom is 0.338 e. The highest BCUT2D eigenvalue weighted by molar-refractivity contribution is 9.10. The van der Waals surface area contributed by atoms with Gasteiger partial charge in [0.15, 0.2) is 0 Å². The van der Waals surface area contributed by atoms with Gasteiger partial charge in [-0.2, -0.15) is 0 Å². The molecule has 9 heteroatoms. The van der Waals surface area contributed by atoms with Crippen LogP contribution in [0.25, 0.3) is 0 Å². The van der Waals surface area contributed by atoms with E-state index in [0.717, 1.165) is 0 Å². The standard InChI is InChI=1S/C18H22BrFN2O5/c1-11-15(17(23)27-9-8-26-3)16(12-4-5-14(20)13(19)10-12)21-18(24)22(11)6-7-25-2/h4-5,10,16H,6-9H2,1-3H3,(H,21,24). The third-order valence-corrected chi connectivity index (χ3v) is 4.74. The van der Waals surface area contributed by atoms with Crippen LogP contribution in [0.4, 0.5) is 9.18 Å². The van der Waals surface area contributed by atoms with Gasteiger partial charge in [-0.1, -0.05) is 6.07 Å². The van der Waals surface area contributed by atoms with Crippen LogP contribution in [-0.4, -0.2) is 57.5 Å². The summed E-state index contributed by atoms with van der Waals surface area (Å²) in [5.41, 5.74) is 1.30. The Morgan fingerprint density at radius 2 is 1.96 bits per heavy atom. The highest BCUT2D eigenvalue weighted by Gasteiger charge is 2.36. The van der Waals surface area contributed by atoms with E-state index < -0.39 is 17.8 Å². The average Bonchev–Trinajstić information content (AvgIpc) is 2.63. The SMILES string of the molecule is COCCOC(=O)C1=C(C)N(CCOC)C(=O)NC1c1ccc(F)c(Br)c1. The molecule has 2 amide bonds. The molecule has 1 N–H and O–H groups in total. The topological polar surface area (TPSA) is 77.1 Å². The minimum atomic E-state index is -0.761. The summed E-state index contributed by atoms with van der Waals surface area (Å²) in [5, 5.41) is 2.79. The predicted molar refractivity (Wildman–Crippen MR) is 99.5 cm³/mol. The molecule has 2 rings (SSSR count). The van der Waals surface area contributed by atoms with Crippen LogP contribution >= 0.6 is 15.9 Å². The van der Waals surface area contributed by atoms with Gasteiger partial charge in [0.2, 0.25) is 0 Å². The van der Waals surface area contributed by atoms with Gasteiger partial charge in [0.25, 0.3) is 0 Å². The van der Waals surface area contributed by atoms with Gasteiger partial charge in [-0.25, -0.2) is 14.0 Å². The lowest BCUT2D eigenvalue weighted by Gasteiger charge is -2.35. The van der Waals surface area contributed by atoms with Crippen molar-refractivity contribution in [2.45, 2.75) is 13.0 Å². The van der Waals surface area contributed by atoms with Crippen LogP contribution in [0.1, 0.15) is 18.5 Å². The van der Waals surface area contributed by atoms with Gasteiger partial charge in [-0.15, -0.1) is 0 Å². The summed E-state index contributed by atoms with van der Waals surface area (Å²) in [6.07, 6.45) is 0. The van der Waals surface area contributed by atoms with Crippen molar-refractivity contribution in [2.75, 3.05) is 40.6 Å². The summed E-state index contributed by atoms with van der Waals surface area (Å²) < 4.78 is 29.0. The lowest BCUT2D eigenvalue weighted by Crippen LogP contribution is -2.49. The second kappa shape index (κ2) is 9.82. The van der Waals surface area contributed by atoms with E-state index in [4.69, 9.17) is 14.2 Å². The number of carbonyl (C=O) groups excluding carboxylic acids is 2. The Labute approximate surface area is 165 Å². The first-order valence-corrected chi connectivity index (χ1v) is 9.08. The van der Waals surface area contributed by atoms with Crippen molar-refractivity contribution in [3.63, 3.8) is 0 Å². The fourth-order valence-electron chi connectivity index (χ4n) is 2.73. The molecule has 7 nitrogen and oxygen atoms in total. The number of nitrogens with zero attached hydrogens (tertiary/aromatic N) is 1. The van der Waals surface area contributed by atoms with Gasteiger partial charge in [-0.3, -0.25) is 4.90 Å². The molecule has 1 aliphatic heterocycles. The molecule has 1 aromatic carbocycles. The van der Waals surface area contributed by atoms with Crippen molar-refractivity contribution < 1.29 is 28.2 Å². The number of esters is 1. The molecule has 1 atom stereocenters. The number of hydrogen-bond acceptors (Lipinski definition) is 5. The molecule has 148 valence electrons. The molecule has 1 heterocycles. The summed E-state index contributed by atoms with van der Waals surface area (Å²) in [4.78, 5) is 26.7. The van der Waals surface area contributed by atoms with E-state index >= 15 is 0 Å². The Morgan fingerprint density at radius 1 is 1.26 bits per heavy atom. The summed E-state index contributed by atoms with van der Waals surface area (Å²) in [6, 6.07) is 3.19. The minimum Gasteiger partial charge on any atom is -0.460 e. The molecule has 1 unspecified atom stereocenters. The van der Waals surface area contributed by atoms with Crippen molar-refractivity contribution in [3.05, 3.63) is 45.3 Å². The smallest absolute Gasteiger partial charge is 0.338 e. The van der Waals surface area contributed by atoms with E-state index in [1.807, 2.05) is 0 Å². The van der Waals surface area contributed by atoms with Crippen molar-refractivity contribution >= 4 is 27.9 Å². The van der Waals surface area contributed by atoms with Gasteiger partial charge in [0.05, 0.1) is 35.8 Å². The molecule has 0 radical (unpaired) electrons. The van der Waals surface area contributed by atoms with Gasteiger partial charge in [0, 0.05) is 19.9 Å². The molecule has 1 aromatic rings. The molecular formula is C18H22BrFN2O5. The monoisotopic (exact) mass is 444 g/mol. The first-order valence-electron chi connectivity index (χ1n) is 8.29. The Balaban J connectivity index is 2.43. The van der Waals surface area contributed by atoms with E-state index in [1.165, 1.54) is 37.3 Å². The molecule has 27 heavy (non-hydrogen) atoms. The van der Waals surface area contributed by atoms with Crippen LogP contribution in [0.15, 0.2) is 33.9 Å².